The Hall–Kier alpha value is -1.85. The van der Waals surface area contributed by atoms with Gasteiger partial charge in [0, 0.05) is 0 Å². The molecule has 0 radical (unpaired) electrons. The molecule has 1 fully saturated rings. The van der Waals surface area contributed by atoms with E-state index >= 15 is 0 Å². The first-order chi connectivity index (χ1) is 10.9. The minimum Gasteiger partial charge on any atom is -0.491 e. The van der Waals surface area contributed by atoms with E-state index in [0.29, 0.717) is 33.3 Å². The highest BCUT2D eigenvalue weighted by Gasteiger charge is 2.26. The van der Waals surface area contributed by atoms with E-state index in [1.807, 2.05) is 19.1 Å². The smallest absolute Gasteiger partial charge is 0.207 e. The Balaban J connectivity index is 2.00. The molecular formula is C18H20O4S. The molecule has 0 spiro atoms. The van der Waals surface area contributed by atoms with Gasteiger partial charge in [-0.3, -0.25) is 0 Å². The lowest BCUT2D eigenvalue weighted by molar-refractivity contribution is 0.262. The molecule has 0 aromatic heterocycles. The van der Waals surface area contributed by atoms with Crippen molar-refractivity contribution in [3.63, 3.8) is 0 Å². The number of sulfone groups is 1. The highest BCUT2D eigenvalue weighted by atomic mass is 32.2. The van der Waals surface area contributed by atoms with E-state index in [9.17, 15) is 8.42 Å². The third-order valence-corrected chi connectivity index (χ3v) is 6.14. The van der Waals surface area contributed by atoms with Gasteiger partial charge in [-0.15, -0.1) is 0 Å². The first-order valence-electron chi connectivity index (χ1n) is 7.56. The van der Waals surface area contributed by atoms with Crippen LogP contribution in [0.25, 0.3) is 0 Å². The molecule has 1 unspecified atom stereocenters. The first kappa shape index (κ1) is 16.0. The zero-order valence-electron chi connectivity index (χ0n) is 13.5. The maximum absolute atomic E-state index is 13.0. The summed E-state index contributed by atoms with van der Waals surface area (Å²) >= 11 is 0. The number of benzene rings is 2. The van der Waals surface area contributed by atoms with Gasteiger partial charge in [0.15, 0.2) is 0 Å². The normalized spacial score (nSPS) is 17.1. The molecule has 1 saturated heterocycles. The Bertz CT molecular complexity index is 813. The molecule has 2 aromatic carbocycles. The molecule has 0 saturated carbocycles. The van der Waals surface area contributed by atoms with Crippen molar-refractivity contribution in [1.82, 2.24) is 0 Å². The van der Waals surface area contributed by atoms with Gasteiger partial charge in [-0.25, -0.2) is 8.42 Å². The highest BCUT2D eigenvalue weighted by molar-refractivity contribution is 7.91. The number of epoxide rings is 1. The molecule has 1 heterocycles. The lowest BCUT2D eigenvalue weighted by atomic mass is 10.1. The van der Waals surface area contributed by atoms with Gasteiger partial charge in [0.1, 0.15) is 18.5 Å². The summed E-state index contributed by atoms with van der Waals surface area (Å²) in [7, 11) is -3.55. The Labute approximate surface area is 137 Å². The summed E-state index contributed by atoms with van der Waals surface area (Å²) in [5, 5.41) is 0. The summed E-state index contributed by atoms with van der Waals surface area (Å²) in [6, 6.07) is 10.6. The summed E-state index contributed by atoms with van der Waals surface area (Å²) < 4.78 is 36.8. The van der Waals surface area contributed by atoms with Crippen molar-refractivity contribution < 1.29 is 17.9 Å². The zero-order chi connectivity index (χ0) is 16.6. The van der Waals surface area contributed by atoms with Crippen LogP contribution in [0.5, 0.6) is 5.75 Å². The molecule has 1 aliphatic heterocycles. The third-order valence-electron chi connectivity index (χ3n) is 3.92. The van der Waals surface area contributed by atoms with E-state index in [4.69, 9.17) is 9.47 Å². The Kier molecular flexibility index (Phi) is 4.17. The fraction of sp³-hybridized carbons (Fsp3) is 0.333. The van der Waals surface area contributed by atoms with Crippen molar-refractivity contribution in [3.8, 4) is 5.75 Å². The van der Waals surface area contributed by atoms with Gasteiger partial charge < -0.3 is 9.47 Å². The highest BCUT2D eigenvalue weighted by Crippen LogP contribution is 2.32. The molecule has 2 aromatic rings. The van der Waals surface area contributed by atoms with E-state index in [0.717, 1.165) is 12.2 Å². The topological polar surface area (TPSA) is 55.9 Å². The van der Waals surface area contributed by atoms with Gasteiger partial charge in [-0.05, 0) is 55.7 Å². The summed E-state index contributed by atoms with van der Waals surface area (Å²) in [6.07, 6.45) is 0.172. The predicted molar refractivity (Wildman–Crippen MR) is 87.8 cm³/mol. The maximum Gasteiger partial charge on any atom is 0.207 e. The predicted octanol–water partition coefficient (Wildman–Crippen LogP) is 3.22. The van der Waals surface area contributed by atoms with Crippen LogP contribution in [0.2, 0.25) is 0 Å². The fourth-order valence-corrected chi connectivity index (χ4v) is 4.67. The number of rotatable bonds is 5. The van der Waals surface area contributed by atoms with Gasteiger partial charge in [0.05, 0.1) is 16.4 Å². The molecule has 0 bridgehead atoms. The second-order valence-electron chi connectivity index (χ2n) is 5.92. The van der Waals surface area contributed by atoms with E-state index in [1.54, 1.807) is 38.1 Å². The van der Waals surface area contributed by atoms with Crippen molar-refractivity contribution in [2.45, 2.75) is 36.7 Å². The van der Waals surface area contributed by atoms with Crippen molar-refractivity contribution in [2.24, 2.45) is 0 Å². The number of aryl methyl sites for hydroxylation is 3. The van der Waals surface area contributed by atoms with E-state index in [2.05, 4.69) is 0 Å². The van der Waals surface area contributed by atoms with Crippen molar-refractivity contribution in [2.75, 3.05) is 13.2 Å². The largest absolute Gasteiger partial charge is 0.491 e. The van der Waals surface area contributed by atoms with Gasteiger partial charge in [-0.2, -0.15) is 0 Å². The molecule has 0 N–H and O–H groups in total. The number of ether oxygens (including phenoxy) is 2. The summed E-state index contributed by atoms with van der Waals surface area (Å²) in [5.74, 6) is 0.680. The van der Waals surface area contributed by atoms with Crippen molar-refractivity contribution >= 4 is 9.84 Å². The number of hydrogen-bond acceptors (Lipinski definition) is 4. The van der Waals surface area contributed by atoms with Crippen LogP contribution in [0.3, 0.4) is 0 Å². The van der Waals surface area contributed by atoms with Crippen LogP contribution in [0.4, 0.5) is 0 Å². The van der Waals surface area contributed by atoms with Crippen LogP contribution in [0.1, 0.15) is 16.7 Å². The fourth-order valence-electron chi connectivity index (χ4n) is 2.74. The van der Waals surface area contributed by atoms with Gasteiger partial charge in [-0.1, -0.05) is 18.2 Å². The van der Waals surface area contributed by atoms with Crippen molar-refractivity contribution in [1.29, 1.82) is 0 Å². The van der Waals surface area contributed by atoms with Crippen LogP contribution in [0, 0.1) is 20.8 Å². The van der Waals surface area contributed by atoms with E-state index in [-0.39, 0.29) is 6.10 Å². The van der Waals surface area contributed by atoms with E-state index < -0.39 is 9.84 Å². The van der Waals surface area contributed by atoms with E-state index in [1.165, 1.54) is 0 Å². The molecule has 1 aliphatic rings. The first-order valence-corrected chi connectivity index (χ1v) is 9.04. The lowest BCUT2D eigenvalue weighted by Gasteiger charge is -2.15. The molecule has 23 heavy (non-hydrogen) atoms. The molecule has 122 valence electrons. The van der Waals surface area contributed by atoms with Gasteiger partial charge in [0.25, 0.3) is 0 Å². The number of hydrogen-bond donors (Lipinski definition) is 0. The zero-order valence-corrected chi connectivity index (χ0v) is 14.3. The lowest BCUT2D eigenvalue weighted by Crippen LogP contribution is -2.09. The van der Waals surface area contributed by atoms with Crippen LogP contribution in [-0.4, -0.2) is 27.7 Å². The molecule has 0 aliphatic carbocycles. The quantitative estimate of drug-likeness (QED) is 0.789. The third kappa shape index (κ3) is 3.26. The minimum absolute atomic E-state index is 0.172. The van der Waals surface area contributed by atoms with Crippen LogP contribution >= 0.6 is 0 Å². The average Bonchev–Trinajstić information content (AvgIpc) is 3.28. The molecule has 0 amide bonds. The van der Waals surface area contributed by atoms with Gasteiger partial charge in [0.2, 0.25) is 9.84 Å². The second-order valence-corrected chi connectivity index (χ2v) is 7.78. The van der Waals surface area contributed by atoms with Crippen molar-refractivity contribution in [3.05, 3.63) is 53.1 Å². The summed E-state index contributed by atoms with van der Waals surface area (Å²) in [6.45, 7) is 6.66. The van der Waals surface area contributed by atoms with Crippen LogP contribution in [0.15, 0.2) is 46.2 Å². The summed E-state index contributed by atoms with van der Waals surface area (Å²) in [4.78, 5) is 0.716. The maximum atomic E-state index is 13.0. The van der Waals surface area contributed by atoms with Crippen LogP contribution in [-0.2, 0) is 14.6 Å². The minimum atomic E-state index is -3.55. The Morgan fingerprint density at radius 3 is 2.26 bits per heavy atom. The standard InChI is InChI=1S/C18H20O4S/c1-12-6-4-5-7-17(12)23(19,20)18-13(2)8-15(9-14(18)3)21-10-16-11-22-16/h4-9,16H,10-11H2,1-3H3. The SMILES string of the molecule is Cc1ccccc1S(=O)(=O)c1c(C)cc(OCC2CO2)cc1C. The van der Waals surface area contributed by atoms with Crippen LogP contribution < -0.4 is 4.74 Å². The second kappa shape index (κ2) is 5.98. The average molecular weight is 332 g/mol. The molecule has 4 nitrogen and oxygen atoms in total. The molecule has 3 rings (SSSR count). The van der Waals surface area contributed by atoms with Gasteiger partial charge >= 0.3 is 0 Å². The summed E-state index contributed by atoms with van der Waals surface area (Å²) in [5.41, 5.74) is 2.14. The Morgan fingerprint density at radius 2 is 1.70 bits per heavy atom. The molecule has 5 heteroatoms. The monoisotopic (exact) mass is 332 g/mol. The molecule has 1 atom stereocenters. The molecular weight excluding hydrogens is 312 g/mol. The Morgan fingerprint density at radius 1 is 1.09 bits per heavy atom.